The maximum Gasteiger partial charge on any atom is 0.130 e. The van der Waals surface area contributed by atoms with Crippen molar-refractivity contribution >= 4 is 5.84 Å². The summed E-state index contributed by atoms with van der Waals surface area (Å²) in [5.41, 5.74) is 7.38. The van der Waals surface area contributed by atoms with E-state index in [0.717, 1.165) is 17.7 Å². The molecular formula is C15H23N3O. The van der Waals surface area contributed by atoms with Gasteiger partial charge in [0, 0.05) is 6.04 Å². The highest BCUT2D eigenvalue weighted by Gasteiger charge is 2.20. The Morgan fingerprint density at radius 2 is 2.32 bits per heavy atom. The van der Waals surface area contributed by atoms with Gasteiger partial charge in [-0.2, -0.15) is 0 Å². The summed E-state index contributed by atoms with van der Waals surface area (Å²) in [7, 11) is 2.17. The average molecular weight is 261 g/mol. The van der Waals surface area contributed by atoms with Gasteiger partial charge < -0.3 is 15.4 Å². The zero-order valence-electron chi connectivity index (χ0n) is 11.8. The Hall–Kier alpha value is -1.55. The van der Waals surface area contributed by atoms with Gasteiger partial charge in [-0.15, -0.1) is 0 Å². The van der Waals surface area contributed by atoms with Crippen LogP contribution in [0.1, 0.15) is 30.4 Å². The van der Waals surface area contributed by atoms with E-state index in [1.165, 1.54) is 19.4 Å². The molecule has 1 saturated heterocycles. The fourth-order valence-electron chi connectivity index (χ4n) is 2.62. The molecule has 3 N–H and O–H groups in total. The normalized spacial score (nSPS) is 19.6. The number of ether oxygens (including phenoxy) is 1. The van der Waals surface area contributed by atoms with Crippen LogP contribution in [0, 0.1) is 12.3 Å². The standard InChI is InChI=1S/C15H23N3O/c1-11-5-6-13(15(16)17)14(10-11)19-9-7-12-4-3-8-18(12)2/h5-6,10,12H,3-4,7-9H2,1-2H3,(H3,16,17). The van der Waals surface area contributed by atoms with E-state index in [4.69, 9.17) is 15.9 Å². The third-order valence-corrected chi connectivity index (χ3v) is 3.81. The van der Waals surface area contributed by atoms with Gasteiger partial charge in [-0.1, -0.05) is 6.07 Å². The fraction of sp³-hybridized carbons (Fsp3) is 0.533. The summed E-state index contributed by atoms with van der Waals surface area (Å²) in [5, 5.41) is 7.57. The first-order chi connectivity index (χ1) is 9.08. The van der Waals surface area contributed by atoms with Crippen molar-refractivity contribution in [3.8, 4) is 5.75 Å². The van der Waals surface area contributed by atoms with Crippen LogP contribution in [0.25, 0.3) is 0 Å². The van der Waals surface area contributed by atoms with Gasteiger partial charge in [-0.3, -0.25) is 5.41 Å². The van der Waals surface area contributed by atoms with E-state index in [2.05, 4.69) is 11.9 Å². The number of nitrogen functional groups attached to an aromatic ring is 1. The van der Waals surface area contributed by atoms with Crippen LogP contribution in [0.3, 0.4) is 0 Å². The third kappa shape index (κ3) is 3.47. The van der Waals surface area contributed by atoms with Gasteiger partial charge in [0.15, 0.2) is 0 Å². The monoisotopic (exact) mass is 261 g/mol. The Labute approximate surface area is 115 Å². The van der Waals surface area contributed by atoms with E-state index in [1.807, 2.05) is 25.1 Å². The van der Waals surface area contributed by atoms with Crippen molar-refractivity contribution in [3.05, 3.63) is 29.3 Å². The van der Waals surface area contributed by atoms with E-state index in [1.54, 1.807) is 0 Å². The summed E-state index contributed by atoms with van der Waals surface area (Å²) in [4.78, 5) is 2.39. The van der Waals surface area contributed by atoms with Crippen molar-refractivity contribution in [2.24, 2.45) is 5.73 Å². The van der Waals surface area contributed by atoms with Gasteiger partial charge in [0.1, 0.15) is 11.6 Å². The SMILES string of the molecule is Cc1ccc(C(=N)N)c(OCCC2CCCN2C)c1. The maximum absolute atomic E-state index is 7.57. The molecule has 19 heavy (non-hydrogen) atoms. The molecule has 1 heterocycles. The molecule has 0 aromatic heterocycles. The first kappa shape index (κ1) is 13.9. The predicted molar refractivity (Wildman–Crippen MR) is 78.0 cm³/mol. The Bertz CT molecular complexity index is 459. The lowest BCUT2D eigenvalue weighted by Gasteiger charge is -2.20. The van der Waals surface area contributed by atoms with Gasteiger partial charge in [0.25, 0.3) is 0 Å². The Morgan fingerprint density at radius 3 is 2.95 bits per heavy atom. The molecule has 1 aromatic carbocycles. The molecule has 1 atom stereocenters. The summed E-state index contributed by atoms with van der Waals surface area (Å²) >= 11 is 0. The molecule has 1 fully saturated rings. The molecule has 0 amide bonds. The Morgan fingerprint density at radius 1 is 1.53 bits per heavy atom. The van der Waals surface area contributed by atoms with Crippen LogP contribution in [0.4, 0.5) is 0 Å². The molecule has 1 aliphatic rings. The van der Waals surface area contributed by atoms with E-state index >= 15 is 0 Å². The second-order valence-corrected chi connectivity index (χ2v) is 5.33. The number of nitrogens with two attached hydrogens (primary N) is 1. The van der Waals surface area contributed by atoms with Crippen LogP contribution >= 0.6 is 0 Å². The molecule has 1 aromatic rings. The molecule has 0 saturated carbocycles. The molecule has 1 unspecified atom stereocenters. The zero-order chi connectivity index (χ0) is 13.8. The number of nitrogens with one attached hydrogen (secondary N) is 1. The minimum absolute atomic E-state index is 0.0629. The lowest BCUT2D eigenvalue weighted by atomic mass is 10.1. The first-order valence-electron chi connectivity index (χ1n) is 6.86. The summed E-state index contributed by atoms with van der Waals surface area (Å²) in [5.74, 6) is 0.793. The predicted octanol–water partition coefficient (Wildman–Crippen LogP) is 2.14. The molecule has 0 aliphatic carbocycles. The topological polar surface area (TPSA) is 62.3 Å². The van der Waals surface area contributed by atoms with E-state index in [-0.39, 0.29) is 5.84 Å². The van der Waals surface area contributed by atoms with E-state index in [9.17, 15) is 0 Å². The lowest BCUT2D eigenvalue weighted by molar-refractivity contribution is 0.233. The Kier molecular flexibility index (Phi) is 4.43. The van der Waals surface area contributed by atoms with Crippen molar-refractivity contribution in [1.82, 2.24) is 4.90 Å². The highest BCUT2D eigenvalue weighted by molar-refractivity contribution is 5.97. The maximum atomic E-state index is 7.57. The molecular weight excluding hydrogens is 238 g/mol. The number of benzene rings is 1. The number of rotatable bonds is 5. The largest absolute Gasteiger partial charge is 0.493 e. The van der Waals surface area contributed by atoms with Crippen LogP contribution in [-0.4, -0.2) is 37.0 Å². The number of hydrogen-bond donors (Lipinski definition) is 2. The summed E-state index contributed by atoms with van der Waals surface area (Å²) < 4.78 is 5.84. The molecule has 104 valence electrons. The highest BCUT2D eigenvalue weighted by Crippen LogP contribution is 2.22. The van der Waals surface area contributed by atoms with E-state index < -0.39 is 0 Å². The zero-order valence-corrected chi connectivity index (χ0v) is 11.8. The molecule has 0 spiro atoms. The molecule has 4 nitrogen and oxygen atoms in total. The van der Waals surface area contributed by atoms with Crippen molar-refractivity contribution in [2.75, 3.05) is 20.2 Å². The van der Waals surface area contributed by atoms with Crippen LogP contribution in [0.15, 0.2) is 18.2 Å². The summed E-state index contributed by atoms with van der Waals surface area (Å²) in [6, 6.07) is 6.39. The molecule has 4 heteroatoms. The van der Waals surface area contributed by atoms with Crippen LogP contribution in [-0.2, 0) is 0 Å². The van der Waals surface area contributed by atoms with E-state index in [0.29, 0.717) is 18.2 Å². The van der Waals surface area contributed by atoms with Crippen molar-refractivity contribution in [3.63, 3.8) is 0 Å². The number of nitrogens with zero attached hydrogens (tertiary/aromatic N) is 1. The smallest absolute Gasteiger partial charge is 0.130 e. The molecule has 0 bridgehead atoms. The molecule has 0 radical (unpaired) electrons. The number of aryl methyl sites for hydroxylation is 1. The molecule has 2 rings (SSSR count). The Balaban J connectivity index is 1.95. The fourth-order valence-corrected chi connectivity index (χ4v) is 2.62. The first-order valence-corrected chi connectivity index (χ1v) is 6.86. The summed E-state index contributed by atoms with van der Waals surface area (Å²) in [6.07, 6.45) is 3.57. The second kappa shape index (κ2) is 6.06. The van der Waals surface area contributed by atoms with Crippen LogP contribution in [0.5, 0.6) is 5.75 Å². The van der Waals surface area contributed by atoms with Crippen molar-refractivity contribution in [2.45, 2.75) is 32.2 Å². The molecule has 1 aliphatic heterocycles. The number of hydrogen-bond acceptors (Lipinski definition) is 3. The number of likely N-dealkylation sites (tertiary alicyclic amines) is 1. The lowest BCUT2D eigenvalue weighted by Crippen LogP contribution is -2.26. The quantitative estimate of drug-likeness (QED) is 0.630. The van der Waals surface area contributed by atoms with Gasteiger partial charge in [0.2, 0.25) is 0 Å². The minimum atomic E-state index is 0.0629. The van der Waals surface area contributed by atoms with Gasteiger partial charge in [0.05, 0.1) is 12.2 Å². The van der Waals surface area contributed by atoms with Crippen LogP contribution in [0.2, 0.25) is 0 Å². The highest BCUT2D eigenvalue weighted by atomic mass is 16.5. The average Bonchev–Trinajstić information content (AvgIpc) is 2.75. The van der Waals surface area contributed by atoms with Gasteiger partial charge >= 0.3 is 0 Å². The third-order valence-electron chi connectivity index (χ3n) is 3.81. The summed E-state index contributed by atoms with van der Waals surface area (Å²) in [6.45, 7) is 3.88. The number of amidine groups is 1. The minimum Gasteiger partial charge on any atom is -0.493 e. The van der Waals surface area contributed by atoms with Gasteiger partial charge in [-0.05, 0) is 57.5 Å². The van der Waals surface area contributed by atoms with Gasteiger partial charge in [-0.25, -0.2) is 0 Å². The van der Waals surface area contributed by atoms with Crippen LogP contribution < -0.4 is 10.5 Å². The van der Waals surface area contributed by atoms with Crippen molar-refractivity contribution < 1.29 is 4.74 Å². The van der Waals surface area contributed by atoms with Crippen molar-refractivity contribution in [1.29, 1.82) is 5.41 Å². The second-order valence-electron chi connectivity index (χ2n) is 5.33.